The fraction of sp³-hybridized carbons (Fsp3) is 0.706. The highest BCUT2D eigenvalue weighted by Gasteiger charge is 2.27. The van der Waals surface area contributed by atoms with Gasteiger partial charge in [-0.25, -0.2) is 4.79 Å². The average Bonchev–Trinajstić information content (AvgIpc) is 2.42. The van der Waals surface area contributed by atoms with Crippen molar-refractivity contribution < 1.29 is 9.53 Å². The van der Waals surface area contributed by atoms with E-state index < -0.39 is 11.7 Å². The van der Waals surface area contributed by atoms with Crippen molar-refractivity contribution in [3.05, 3.63) is 24.3 Å². The molecule has 130 valence electrons. The lowest BCUT2D eigenvalue weighted by Crippen LogP contribution is -2.52. The number of hydrogen-bond acceptors (Lipinski definition) is 5. The van der Waals surface area contributed by atoms with E-state index >= 15 is 0 Å². The van der Waals surface area contributed by atoms with Crippen molar-refractivity contribution in [2.45, 2.75) is 65.6 Å². The molecule has 0 aromatic carbocycles. The molecule has 1 aromatic rings. The number of nitrogens with zero attached hydrogens (tertiary/aromatic N) is 2. The number of carbonyl (C=O) groups is 1. The molecule has 0 bridgehead atoms. The van der Waals surface area contributed by atoms with Crippen molar-refractivity contribution in [2.75, 3.05) is 6.54 Å². The van der Waals surface area contributed by atoms with Gasteiger partial charge in [-0.3, -0.25) is 9.97 Å². The number of rotatable bonds is 7. The van der Waals surface area contributed by atoms with Gasteiger partial charge in [-0.15, -0.1) is 0 Å². The summed E-state index contributed by atoms with van der Waals surface area (Å²) in [5.74, 6) is 0.495. The standard InChI is InChI=1S/C17H30N4O2/c1-13(2)9-17(6,12-20-15(22)23-16(3,4)5)21-11-14-10-18-7-8-19-14/h7-8,10,13,21H,9,11-12H2,1-6H3,(H,20,22). The molecule has 1 heterocycles. The van der Waals surface area contributed by atoms with Gasteiger partial charge < -0.3 is 15.4 Å². The molecule has 0 aliphatic heterocycles. The highest BCUT2D eigenvalue weighted by atomic mass is 16.6. The Morgan fingerprint density at radius 2 is 1.96 bits per heavy atom. The van der Waals surface area contributed by atoms with Crippen LogP contribution in [0.15, 0.2) is 18.6 Å². The van der Waals surface area contributed by atoms with Crippen LogP contribution in [0.4, 0.5) is 4.79 Å². The Morgan fingerprint density at radius 1 is 1.26 bits per heavy atom. The molecule has 0 aliphatic carbocycles. The number of ether oxygens (including phenoxy) is 1. The minimum absolute atomic E-state index is 0.247. The average molecular weight is 322 g/mol. The van der Waals surface area contributed by atoms with Crippen molar-refractivity contribution >= 4 is 6.09 Å². The van der Waals surface area contributed by atoms with Crippen LogP contribution < -0.4 is 10.6 Å². The summed E-state index contributed by atoms with van der Waals surface area (Å²) in [6.45, 7) is 13.1. The van der Waals surface area contributed by atoms with Crippen LogP contribution in [0.5, 0.6) is 0 Å². The first-order chi connectivity index (χ1) is 10.6. The van der Waals surface area contributed by atoms with Crippen LogP contribution in [0.25, 0.3) is 0 Å². The summed E-state index contributed by atoms with van der Waals surface area (Å²) in [5.41, 5.74) is 0.133. The van der Waals surface area contributed by atoms with Gasteiger partial charge >= 0.3 is 6.09 Å². The van der Waals surface area contributed by atoms with E-state index in [-0.39, 0.29) is 5.54 Å². The molecule has 23 heavy (non-hydrogen) atoms. The lowest BCUT2D eigenvalue weighted by molar-refractivity contribution is 0.0507. The van der Waals surface area contributed by atoms with Gasteiger partial charge in [-0.1, -0.05) is 13.8 Å². The van der Waals surface area contributed by atoms with Crippen LogP contribution in [0.2, 0.25) is 0 Å². The summed E-state index contributed by atoms with van der Waals surface area (Å²) in [7, 11) is 0. The Bertz CT molecular complexity index is 485. The SMILES string of the molecule is CC(C)CC(C)(CNC(=O)OC(C)(C)C)NCc1cnccn1. The molecule has 0 saturated heterocycles. The largest absolute Gasteiger partial charge is 0.444 e. The van der Waals surface area contributed by atoms with Gasteiger partial charge in [0.05, 0.1) is 5.69 Å². The predicted octanol–water partition coefficient (Wildman–Crippen LogP) is 2.90. The fourth-order valence-electron chi connectivity index (χ4n) is 2.41. The first-order valence-electron chi connectivity index (χ1n) is 8.06. The molecule has 0 spiro atoms. The maximum absolute atomic E-state index is 11.9. The van der Waals surface area contributed by atoms with E-state index in [2.05, 4.69) is 41.4 Å². The number of amides is 1. The lowest BCUT2D eigenvalue weighted by Gasteiger charge is -2.33. The van der Waals surface area contributed by atoms with E-state index in [9.17, 15) is 4.79 Å². The topological polar surface area (TPSA) is 76.1 Å². The van der Waals surface area contributed by atoms with Crippen LogP contribution in [-0.4, -0.2) is 33.7 Å². The maximum atomic E-state index is 11.9. The summed E-state index contributed by atoms with van der Waals surface area (Å²) in [5, 5.41) is 6.35. The Morgan fingerprint density at radius 3 is 2.48 bits per heavy atom. The van der Waals surface area contributed by atoms with Crippen molar-refractivity contribution in [2.24, 2.45) is 5.92 Å². The summed E-state index contributed by atoms with van der Waals surface area (Å²) < 4.78 is 5.30. The Labute approximate surface area is 139 Å². The lowest BCUT2D eigenvalue weighted by atomic mass is 9.90. The zero-order valence-corrected chi connectivity index (χ0v) is 15.1. The molecule has 2 N–H and O–H groups in total. The molecule has 6 heteroatoms. The van der Waals surface area contributed by atoms with Gasteiger partial charge in [0, 0.05) is 37.2 Å². The number of aromatic nitrogens is 2. The van der Waals surface area contributed by atoms with E-state index in [1.54, 1.807) is 18.6 Å². The van der Waals surface area contributed by atoms with E-state index in [0.717, 1.165) is 12.1 Å². The normalized spacial score (nSPS) is 14.4. The molecule has 1 unspecified atom stereocenters. The minimum atomic E-state index is -0.494. The number of carbonyl (C=O) groups excluding carboxylic acids is 1. The zero-order valence-electron chi connectivity index (χ0n) is 15.1. The van der Waals surface area contributed by atoms with Crippen molar-refractivity contribution in [1.29, 1.82) is 0 Å². The Hall–Kier alpha value is -1.69. The molecule has 1 atom stereocenters. The van der Waals surface area contributed by atoms with Gasteiger partial charge in [0.2, 0.25) is 0 Å². The summed E-state index contributed by atoms with van der Waals surface area (Å²) in [4.78, 5) is 20.2. The molecular weight excluding hydrogens is 292 g/mol. The fourth-order valence-corrected chi connectivity index (χ4v) is 2.41. The van der Waals surface area contributed by atoms with Gasteiger partial charge in [0.15, 0.2) is 0 Å². The molecule has 0 radical (unpaired) electrons. The quantitative estimate of drug-likeness (QED) is 0.807. The maximum Gasteiger partial charge on any atom is 0.407 e. The van der Waals surface area contributed by atoms with E-state index in [1.807, 2.05) is 20.8 Å². The van der Waals surface area contributed by atoms with Crippen LogP contribution in [0, 0.1) is 5.92 Å². The van der Waals surface area contributed by atoms with E-state index in [1.165, 1.54) is 0 Å². The second kappa shape index (κ2) is 8.24. The summed E-state index contributed by atoms with van der Waals surface area (Å²) in [6.07, 6.45) is 5.60. The van der Waals surface area contributed by atoms with Crippen molar-refractivity contribution in [3.8, 4) is 0 Å². The Kier molecular flexibility index (Phi) is 6.94. The third-order valence-electron chi connectivity index (χ3n) is 3.19. The Balaban J connectivity index is 2.61. The van der Waals surface area contributed by atoms with Crippen molar-refractivity contribution in [1.82, 2.24) is 20.6 Å². The summed E-state index contributed by atoms with van der Waals surface area (Å²) in [6, 6.07) is 0. The van der Waals surface area contributed by atoms with Gasteiger partial charge in [0.1, 0.15) is 5.60 Å². The smallest absolute Gasteiger partial charge is 0.407 e. The molecule has 0 fully saturated rings. The third kappa shape index (κ3) is 8.50. The number of nitrogens with one attached hydrogen (secondary N) is 2. The van der Waals surface area contributed by atoms with Crippen LogP contribution in [-0.2, 0) is 11.3 Å². The molecule has 1 rings (SSSR count). The van der Waals surface area contributed by atoms with E-state index in [0.29, 0.717) is 19.0 Å². The molecular formula is C17H30N4O2. The number of hydrogen-bond donors (Lipinski definition) is 2. The molecule has 0 aliphatic rings. The number of alkyl carbamates (subject to hydrolysis) is 1. The van der Waals surface area contributed by atoms with Gasteiger partial charge in [-0.2, -0.15) is 0 Å². The van der Waals surface area contributed by atoms with Crippen LogP contribution in [0.3, 0.4) is 0 Å². The first-order valence-corrected chi connectivity index (χ1v) is 8.06. The van der Waals surface area contributed by atoms with Crippen molar-refractivity contribution in [3.63, 3.8) is 0 Å². The highest BCUT2D eigenvalue weighted by Crippen LogP contribution is 2.17. The zero-order chi connectivity index (χ0) is 17.5. The molecule has 0 saturated carbocycles. The first kappa shape index (κ1) is 19.4. The molecule has 1 aromatic heterocycles. The van der Waals surface area contributed by atoms with E-state index in [4.69, 9.17) is 4.74 Å². The van der Waals surface area contributed by atoms with Gasteiger partial charge in [-0.05, 0) is 40.0 Å². The predicted molar refractivity (Wildman–Crippen MR) is 91.0 cm³/mol. The second-order valence-corrected chi connectivity index (χ2v) is 7.56. The van der Waals surface area contributed by atoms with Crippen LogP contribution >= 0.6 is 0 Å². The molecule has 6 nitrogen and oxygen atoms in total. The monoisotopic (exact) mass is 322 g/mol. The third-order valence-corrected chi connectivity index (χ3v) is 3.19. The van der Waals surface area contributed by atoms with Crippen LogP contribution in [0.1, 0.15) is 53.7 Å². The second-order valence-electron chi connectivity index (χ2n) is 7.56. The highest BCUT2D eigenvalue weighted by molar-refractivity contribution is 5.67. The molecule has 1 amide bonds. The van der Waals surface area contributed by atoms with Gasteiger partial charge in [0.25, 0.3) is 0 Å². The summed E-state index contributed by atoms with van der Waals surface area (Å²) >= 11 is 0. The minimum Gasteiger partial charge on any atom is -0.444 e.